The van der Waals surface area contributed by atoms with Gasteiger partial charge in [-0.1, -0.05) is 27.5 Å². The van der Waals surface area contributed by atoms with Gasteiger partial charge in [-0.3, -0.25) is 0 Å². The van der Waals surface area contributed by atoms with Crippen LogP contribution in [-0.4, -0.2) is 15.3 Å². The molecule has 0 rings (SSSR count). The summed E-state index contributed by atoms with van der Waals surface area (Å²) < 4.78 is 36.7. The molecule has 62 valence electrons. The van der Waals surface area contributed by atoms with E-state index in [0.29, 0.717) is 0 Å². The van der Waals surface area contributed by atoms with E-state index in [9.17, 15) is 13.2 Å². The van der Waals surface area contributed by atoms with Crippen molar-refractivity contribution in [2.75, 3.05) is 5.33 Å². The summed E-state index contributed by atoms with van der Waals surface area (Å²) in [5.74, 6) is 0. The van der Waals surface area contributed by atoms with Crippen LogP contribution >= 0.6 is 43.5 Å². The normalized spacial score (nSPS) is 18.6. The average Bonchev–Trinajstić information content (AvgIpc) is 1.61. The van der Waals surface area contributed by atoms with E-state index in [0.717, 1.165) is 0 Å². The van der Waals surface area contributed by atoms with Gasteiger partial charge < -0.3 is 0 Å². The minimum atomic E-state index is -3.67. The molecule has 0 fully saturated rings. The molecule has 0 N–H and O–H groups in total. The average molecular weight is 304 g/mol. The maximum absolute atomic E-state index is 12.5. The minimum absolute atomic E-state index is 0.0915. The highest BCUT2D eigenvalue weighted by Gasteiger charge is 2.50. The molecular formula is C4H4Br2ClF3. The van der Waals surface area contributed by atoms with Crippen LogP contribution in [-0.2, 0) is 0 Å². The molecule has 0 saturated carbocycles. The Morgan fingerprint density at radius 2 is 1.70 bits per heavy atom. The second-order valence-corrected chi connectivity index (χ2v) is 4.03. The molecule has 0 aromatic heterocycles. The van der Waals surface area contributed by atoms with Gasteiger partial charge in [0.1, 0.15) is 0 Å². The molecule has 1 unspecified atom stereocenters. The van der Waals surface area contributed by atoms with Crippen LogP contribution in [0.5, 0.6) is 0 Å². The van der Waals surface area contributed by atoms with Crippen molar-refractivity contribution >= 4 is 43.5 Å². The Hall–Kier alpha value is 1.04. The van der Waals surface area contributed by atoms with Crippen LogP contribution in [0.1, 0.15) is 6.42 Å². The molecule has 0 aromatic rings. The Morgan fingerprint density at radius 1 is 1.30 bits per heavy atom. The molecule has 0 radical (unpaired) electrons. The van der Waals surface area contributed by atoms with E-state index in [2.05, 4.69) is 15.9 Å². The van der Waals surface area contributed by atoms with Crippen molar-refractivity contribution in [1.29, 1.82) is 0 Å². The van der Waals surface area contributed by atoms with Gasteiger partial charge in [-0.25, -0.2) is 4.39 Å². The first-order chi connectivity index (χ1) is 4.31. The topological polar surface area (TPSA) is 0 Å². The highest BCUT2D eigenvalue weighted by molar-refractivity contribution is 9.10. The van der Waals surface area contributed by atoms with Crippen molar-refractivity contribution in [2.45, 2.75) is 16.4 Å². The van der Waals surface area contributed by atoms with Crippen molar-refractivity contribution in [3.8, 4) is 0 Å². The smallest absolute Gasteiger partial charge is 0.218 e. The van der Waals surface area contributed by atoms with E-state index >= 15 is 0 Å². The maximum Gasteiger partial charge on any atom is 0.348 e. The molecule has 0 aliphatic heterocycles. The van der Waals surface area contributed by atoms with Crippen LogP contribution in [0.15, 0.2) is 0 Å². The second-order valence-electron chi connectivity index (χ2n) is 1.64. The highest BCUT2D eigenvalue weighted by atomic mass is 79.9. The molecule has 0 bridgehead atoms. The summed E-state index contributed by atoms with van der Waals surface area (Å²) in [4.78, 5) is -3.67. The fourth-order valence-electron chi connectivity index (χ4n) is 0.260. The lowest BCUT2D eigenvalue weighted by atomic mass is 10.3. The van der Waals surface area contributed by atoms with Gasteiger partial charge in [0.05, 0.1) is 0 Å². The largest absolute Gasteiger partial charge is 0.348 e. The molecule has 6 heteroatoms. The lowest BCUT2D eigenvalue weighted by molar-refractivity contribution is -0.00600. The third kappa shape index (κ3) is 2.96. The fourth-order valence-corrected chi connectivity index (χ4v) is 1.33. The van der Waals surface area contributed by atoms with E-state index in [-0.39, 0.29) is 5.33 Å². The summed E-state index contributed by atoms with van der Waals surface area (Å²) in [6.45, 7) is 0. The maximum atomic E-state index is 12.5. The van der Waals surface area contributed by atoms with Gasteiger partial charge in [0.15, 0.2) is 0 Å². The fraction of sp³-hybridized carbons (Fsp3) is 1.00. The molecule has 0 aliphatic carbocycles. The summed E-state index contributed by atoms with van der Waals surface area (Å²) in [6.07, 6.45) is -0.452. The Balaban J connectivity index is 4.10. The number of hydrogen-bond donors (Lipinski definition) is 0. The van der Waals surface area contributed by atoms with Crippen molar-refractivity contribution in [3.05, 3.63) is 0 Å². The van der Waals surface area contributed by atoms with E-state index in [1.807, 2.05) is 15.9 Å². The zero-order valence-electron chi connectivity index (χ0n) is 4.68. The highest BCUT2D eigenvalue weighted by Crippen LogP contribution is 2.43. The summed E-state index contributed by atoms with van der Waals surface area (Å²) in [5, 5.41) is -2.91. The van der Waals surface area contributed by atoms with E-state index in [1.54, 1.807) is 0 Å². The number of alkyl halides is 6. The van der Waals surface area contributed by atoms with Crippen LogP contribution < -0.4 is 0 Å². The van der Waals surface area contributed by atoms with Crippen molar-refractivity contribution in [3.63, 3.8) is 0 Å². The Morgan fingerprint density at radius 3 is 1.80 bits per heavy atom. The van der Waals surface area contributed by atoms with Gasteiger partial charge in [-0.2, -0.15) is 8.78 Å². The Kier molecular flexibility index (Phi) is 4.00. The molecular weight excluding hydrogens is 300 g/mol. The predicted octanol–water partition coefficient (Wildman–Crippen LogP) is 3.66. The SMILES string of the molecule is FC(F)(Br)C(F)(Cl)CCBr. The number of rotatable bonds is 3. The lowest BCUT2D eigenvalue weighted by Crippen LogP contribution is -2.33. The van der Waals surface area contributed by atoms with Gasteiger partial charge >= 0.3 is 4.83 Å². The number of halogens is 6. The van der Waals surface area contributed by atoms with Crippen molar-refractivity contribution in [2.24, 2.45) is 0 Å². The first-order valence-electron chi connectivity index (χ1n) is 2.32. The molecule has 0 aliphatic rings. The van der Waals surface area contributed by atoms with Crippen molar-refractivity contribution < 1.29 is 13.2 Å². The standard InChI is InChI=1S/C4H4Br2ClF3/c5-2-1-3(7,8)4(6,9)10/h1-2H2. The second kappa shape index (κ2) is 3.63. The third-order valence-corrected chi connectivity index (χ3v) is 2.50. The van der Waals surface area contributed by atoms with Crippen LogP contribution in [0, 0.1) is 0 Å². The molecule has 10 heavy (non-hydrogen) atoms. The first-order valence-corrected chi connectivity index (χ1v) is 4.61. The molecule has 0 saturated heterocycles. The Bertz CT molecular complexity index is 112. The van der Waals surface area contributed by atoms with Crippen LogP contribution in [0.3, 0.4) is 0 Å². The van der Waals surface area contributed by atoms with E-state index in [1.165, 1.54) is 0 Å². The van der Waals surface area contributed by atoms with E-state index < -0.39 is 16.4 Å². The monoisotopic (exact) mass is 302 g/mol. The van der Waals surface area contributed by atoms with Gasteiger partial charge in [0, 0.05) is 11.8 Å². The minimum Gasteiger partial charge on any atom is -0.218 e. The number of hydrogen-bond acceptors (Lipinski definition) is 0. The summed E-state index contributed by atoms with van der Waals surface area (Å²) in [6, 6.07) is 0. The van der Waals surface area contributed by atoms with Gasteiger partial charge in [0.25, 0.3) is 5.13 Å². The molecule has 0 amide bonds. The molecule has 0 aromatic carbocycles. The molecule has 0 spiro atoms. The summed E-state index contributed by atoms with van der Waals surface area (Å²) >= 11 is 9.46. The van der Waals surface area contributed by atoms with Crippen molar-refractivity contribution in [1.82, 2.24) is 0 Å². The summed E-state index contributed by atoms with van der Waals surface area (Å²) in [7, 11) is 0. The first kappa shape index (κ1) is 11.0. The third-order valence-electron chi connectivity index (χ3n) is 0.823. The molecule has 0 nitrogen and oxygen atoms in total. The zero-order valence-corrected chi connectivity index (χ0v) is 8.61. The Labute approximate surface area is 78.4 Å². The molecule has 0 heterocycles. The van der Waals surface area contributed by atoms with Gasteiger partial charge in [0.2, 0.25) is 0 Å². The summed E-state index contributed by atoms with van der Waals surface area (Å²) in [5.41, 5.74) is 0. The van der Waals surface area contributed by atoms with Crippen LogP contribution in [0.4, 0.5) is 13.2 Å². The lowest BCUT2D eigenvalue weighted by Gasteiger charge is -2.21. The van der Waals surface area contributed by atoms with Gasteiger partial charge in [-0.15, -0.1) is 0 Å². The van der Waals surface area contributed by atoms with Crippen LogP contribution in [0.25, 0.3) is 0 Å². The predicted molar refractivity (Wildman–Crippen MR) is 42.0 cm³/mol. The molecule has 1 atom stereocenters. The van der Waals surface area contributed by atoms with Crippen LogP contribution in [0.2, 0.25) is 0 Å². The quantitative estimate of drug-likeness (QED) is 0.698. The van der Waals surface area contributed by atoms with Gasteiger partial charge in [-0.05, 0) is 15.9 Å². The zero-order chi connectivity index (χ0) is 8.41. The van der Waals surface area contributed by atoms with E-state index in [4.69, 9.17) is 11.6 Å².